The Morgan fingerprint density at radius 1 is 0.701 bits per heavy atom. The van der Waals surface area contributed by atoms with Gasteiger partial charge in [-0.2, -0.15) is 13.1 Å². The molecule has 486 valence electrons. The van der Waals surface area contributed by atoms with Gasteiger partial charge < -0.3 is 67.7 Å². The first-order valence-electron chi connectivity index (χ1n) is 28.4. The quantitative estimate of drug-likeness (QED) is 0.0126. The summed E-state index contributed by atoms with van der Waals surface area (Å²) in [4.78, 5) is 46.5. The number of hydroxylamine groups is 2. The molecule has 0 bridgehead atoms. The number of nitrogens with zero attached hydrogens (tertiary/aromatic N) is 3. The summed E-state index contributed by atoms with van der Waals surface area (Å²) in [6, 6.07) is 12.2. The maximum atomic E-state index is 14.0. The van der Waals surface area contributed by atoms with E-state index < -0.39 is 67.4 Å². The second-order valence-corrected chi connectivity index (χ2v) is 22.4. The third-order valence-electron chi connectivity index (χ3n) is 12.4. The lowest BCUT2D eigenvalue weighted by atomic mass is 10.0. The van der Waals surface area contributed by atoms with Crippen LogP contribution in [0.2, 0.25) is 0 Å². The third-order valence-corrected chi connectivity index (χ3v) is 15.0. The molecule has 87 heavy (non-hydrogen) atoms. The topological polar surface area (TPSA) is 290 Å². The highest BCUT2D eigenvalue weighted by atomic mass is 32.2. The van der Waals surface area contributed by atoms with Crippen LogP contribution in [0.4, 0.5) is 23.2 Å². The number of rotatable bonds is 45. The monoisotopic (exact) mass is 1280 g/mol. The highest BCUT2D eigenvalue weighted by Gasteiger charge is 2.37. The zero-order valence-electron chi connectivity index (χ0n) is 49.1. The van der Waals surface area contributed by atoms with E-state index in [1.54, 1.807) is 24.3 Å². The number of amides is 2. The molecule has 0 spiro atoms. The minimum Gasteiger partial charge on any atom is -0.420 e. The fourth-order valence-electron chi connectivity index (χ4n) is 8.11. The molecule has 2 aliphatic rings. The van der Waals surface area contributed by atoms with Gasteiger partial charge >= 0.3 is 5.97 Å². The molecule has 0 saturated carbocycles. The van der Waals surface area contributed by atoms with Crippen LogP contribution in [0.5, 0.6) is 5.75 Å². The number of nitrogens with two attached hydrogens (primary N) is 1. The zero-order valence-corrected chi connectivity index (χ0v) is 50.7. The summed E-state index contributed by atoms with van der Waals surface area (Å²) in [5.41, 5.74) is 9.42. The van der Waals surface area contributed by atoms with E-state index >= 15 is 0 Å². The number of nitrogens with one attached hydrogen (secondary N) is 1. The number of carbonyl (C=O) groups is 3. The number of hydrogen-bond acceptors (Lipinski definition) is 20. The third kappa shape index (κ3) is 25.2. The Hall–Kier alpha value is -5.42. The van der Waals surface area contributed by atoms with Crippen LogP contribution in [0, 0.1) is 29.2 Å². The average Bonchev–Trinajstić information content (AvgIpc) is 1.24. The van der Waals surface area contributed by atoms with E-state index in [9.17, 15) is 44.6 Å². The number of amidine groups is 1. The molecule has 2 heterocycles. The molecule has 5 rings (SSSR count). The van der Waals surface area contributed by atoms with Gasteiger partial charge in [0.15, 0.2) is 22.7 Å². The van der Waals surface area contributed by atoms with Gasteiger partial charge in [0.1, 0.15) is 10.7 Å². The van der Waals surface area contributed by atoms with Crippen LogP contribution in [0.1, 0.15) is 52.0 Å². The molecule has 4 N–H and O–H groups in total. The molecule has 1 saturated heterocycles. The van der Waals surface area contributed by atoms with Gasteiger partial charge in [-0.1, -0.05) is 31.2 Å². The number of hydrogen-bond donors (Lipinski definition) is 3. The van der Waals surface area contributed by atoms with Gasteiger partial charge in [-0.05, 0) is 55.7 Å². The van der Waals surface area contributed by atoms with Crippen LogP contribution in [-0.2, 0) is 87.7 Å². The number of ether oxygens (including phenoxy) is 11. The van der Waals surface area contributed by atoms with Crippen molar-refractivity contribution in [1.82, 2.24) is 14.7 Å². The van der Waals surface area contributed by atoms with E-state index in [1.807, 2.05) is 45.0 Å². The van der Waals surface area contributed by atoms with Crippen LogP contribution in [0.3, 0.4) is 0 Å². The van der Waals surface area contributed by atoms with Gasteiger partial charge in [0.05, 0.1) is 155 Å². The maximum absolute atomic E-state index is 14.0. The minimum absolute atomic E-state index is 0.0306. The lowest BCUT2D eigenvalue weighted by Crippen LogP contribution is -2.53. The Labute approximate surface area is 506 Å². The van der Waals surface area contributed by atoms with E-state index in [4.69, 9.17) is 62.5 Å². The average molecular weight is 1280 g/mol. The number of fused-ring (bicyclic) bond motifs is 1. The Morgan fingerprint density at radius 3 is 1.64 bits per heavy atom. The molecule has 1 atom stereocenters. The number of esters is 1. The van der Waals surface area contributed by atoms with Crippen LogP contribution in [-0.4, -0.2) is 215 Å². The summed E-state index contributed by atoms with van der Waals surface area (Å²) < 4.78 is 163. The number of halogens is 4. The second kappa shape index (κ2) is 39.6. The van der Waals surface area contributed by atoms with E-state index in [0.29, 0.717) is 128 Å². The molecular formula is C57H79F4N5O19S2. The predicted molar refractivity (Wildman–Crippen MR) is 308 cm³/mol. The van der Waals surface area contributed by atoms with Crippen molar-refractivity contribution in [3.8, 4) is 16.9 Å². The molecule has 2 amide bonds. The molecule has 24 nitrogen and oxygen atoms in total. The van der Waals surface area contributed by atoms with Gasteiger partial charge in [-0.3, -0.25) is 19.2 Å². The summed E-state index contributed by atoms with van der Waals surface area (Å²) in [7, 11) is -3.80. The summed E-state index contributed by atoms with van der Waals surface area (Å²) in [5.74, 6) is -11.7. The maximum Gasteiger partial charge on any atom is 0.313 e. The first-order valence-corrected chi connectivity index (χ1v) is 30.9. The molecule has 0 aromatic heterocycles. The Balaban J connectivity index is 0.758. The summed E-state index contributed by atoms with van der Waals surface area (Å²) in [6.45, 7) is 12.8. The van der Waals surface area contributed by atoms with Crippen molar-refractivity contribution in [3.05, 3.63) is 76.9 Å². The zero-order chi connectivity index (χ0) is 63.0. The Morgan fingerprint density at radius 2 is 1.17 bits per heavy atom. The normalized spacial score (nSPS) is 14.1. The van der Waals surface area contributed by atoms with Crippen LogP contribution in [0.25, 0.3) is 17.2 Å². The standard InChI is InChI=1S/C57H79F4N5O19S2/c1-4-12-66(85-40(2)3)57(69)45-33-44-9-8-43(35-47(44)64-48(62)36-45)42-6-5-7-46(34-42)87(72,73)65-38-41(39-65)37-63-49(67)10-13-74-15-17-76-19-21-78-23-25-80-27-29-82-31-32-83-30-28-81-26-24-79-22-20-77-18-16-75-14-11-50(68)84-55-51(58)53(60)56(86(70)71)54(61)52(55)59/h5-9,33-35,40-41H,4,10-32,36-39H2,1-3H3,(H2,62,64)(H,63,67)(H,70,71). The summed E-state index contributed by atoms with van der Waals surface area (Å²) >= 11 is -3.36. The molecule has 1 unspecified atom stereocenters. The molecule has 2 aliphatic heterocycles. The smallest absolute Gasteiger partial charge is 0.313 e. The second-order valence-electron chi connectivity index (χ2n) is 19.6. The number of sulfonamides is 1. The number of benzene rings is 3. The summed E-state index contributed by atoms with van der Waals surface area (Å²) in [5, 5.41) is 4.24. The number of aliphatic imine (C=N–C) groups is 1. The molecule has 3 aromatic rings. The van der Waals surface area contributed by atoms with E-state index in [1.165, 1.54) is 9.37 Å². The highest BCUT2D eigenvalue weighted by molar-refractivity contribution is 7.89. The molecule has 1 fully saturated rings. The first kappa shape index (κ1) is 72.3. The van der Waals surface area contributed by atoms with Crippen molar-refractivity contribution in [2.24, 2.45) is 16.6 Å². The van der Waals surface area contributed by atoms with Crippen molar-refractivity contribution >= 4 is 56.5 Å². The van der Waals surface area contributed by atoms with Gasteiger partial charge in [-0.25, -0.2) is 31.5 Å². The van der Waals surface area contributed by atoms with Crippen molar-refractivity contribution in [3.63, 3.8) is 0 Å². The van der Waals surface area contributed by atoms with Gasteiger partial charge in [0.2, 0.25) is 33.3 Å². The van der Waals surface area contributed by atoms with Crippen LogP contribution >= 0.6 is 0 Å². The molecule has 30 heteroatoms. The molecular weight excluding hydrogens is 1200 g/mol. The molecule has 0 radical (unpaired) electrons. The van der Waals surface area contributed by atoms with Crippen LogP contribution < -0.4 is 15.8 Å². The predicted octanol–water partition coefficient (Wildman–Crippen LogP) is 5.13. The minimum atomic E-state index is -3.80. The fraction of sp³-hybridized carbons (Fsp3) is 0.579. The molecule has 0 aliphatic carbocycles. The highest BCUT2D eigenvalue weighted by Crippen LogP contribution is 2.35. The SMILES string of the molecule is CCCN(OC(C)C)C(=O)C1=Cc2ccc(-c3cccc(S(=O)(=O)N4CC(CNC(=O)CCOCCOCCOCCOCCOCCOCCOCCOCCOCCOCCC(=O)Oc5c(F)c(F)c(S(=O)O)c(F)c5F)C4)c3)cc2N=C(N)C1. The fourth-order valence-corrected chi connectivity index (χ4v) is 10.2. The van der Waals surface area contributed by atoms with Crippen molar-refractivity contribution in [2.75, 3.05) is 158 Å². The lowest BCUT2D eigenvalue weighted by molar-refractivity contribution is -0.196. The number of carbonyl (C=O) groups excluding carboxylic acids is 3. The molecule has 3 aromatic carbocycles. The van der Waals surface area contributed by atoms with E-state index in [2.05, 4.69) is 15.0 Å². The van der Waals surface area contributed by atoms with Gasteiger partial charge in [-0.15, -0.1) is 0 Å². The van der Waals surface area contributed by atoms with E-state index in [-0.39, 0.29) is 100 Å². The first-order chi connectivity index (χ1) is 41.9. The van der Waals surface area contributed by atoms with Crippen molar-refractivity contribution < 1.29 is 106 Å². The van der Waals surface area contributed by atoms with Gasteiger partial charge in [0, 0.05) is 56.1 Å². The van der Waals surface area contributed by atoms with Crippen molar-refractivity contribution in [2.45, 2.75) is 62.3 Å². The van der Waals surface area contributed by atoms with Gasteiger partial charge in [0.25, 0.3) is 5.91 Å². The lowest BCUT2D eigenvalue weighted by Gasteiger charge is -2.38. The summed E-state index contributed by atoms with van der Waals surface area (Å²) in [6.07, 6.45) is 2.10. The van der Waals surface area contributed by atoms with E-state index in [0.717, 1.165) is 12.0 Å². The largest absolute Gasteiger partial charge is 0.420 e. The Kier molecular flexibility index (Phi) is 32.9. The Bertz CT molecular complexity index is 2820. The van der Waals surface area contributed by atoms with Crippen LogP contribution in [0.15, 0.2) is 62.8 Å². The van der Waals surface area contributed by atoms with Crippen molar-refractivity contribution in [1.29, 1.82) is 0 Å².